The first-order chi connectivity index (χ1) is 11.0. The van der Waals surface area contributed by atoms with Crippen LogP contribution in [0, 0.1) is 6.92 Å². The molecular formula is C19H23ClN2O2. The number of anilines is 2. The number of halogens is 1. The van der Waals surface area contributed by atoms with E-state index >= 15 is 0 Å². The van der Waals surface area contributed by atoms with E-state index in [0.29, 0.717) is 16.9 Å². The number of Topliss-reactive ketones (excluding diaryl/α,β-unsaturated/α-hetero) is 1. The van der Waals surface area contributed by atoms with E-state index in [1.54, 1.807) is 12.1 Å². The fourth-order valence-electron chi connectivity index (χ4n) is 2.28. The van der Waals surface area contributed by atoms with E-state index in [1.165, 1.54) is 5.56 Å². The predicted molar refractivity (Wildman–Crippen MR) is 101 cm³/mol. The first kappa shape index (κ1) is 19.7. The third-order valence-electron chi connectivity index (χ3n) is 3.80. The molecule has 2 rings (SSSR count). The minimum absolute atomic E-state index is 0. The minimum atomic E-state index is -0.183. The zero-order chi connectivity index (χ0) is 16.8. The molecule has 0 aliphatic rings. The van der Waals surface area contributed by atoms with Gasteiger partial charge in [-0.2, -0.15) is 0 Å². The van der Waals surface area contributed by atoms with E-state index in [4.69, 9.17) is 5.73 Å². The highest BCUT2D eigenvalue weighted by Gasteiger charge is 2.10. The molecule has 2 aromatic rings. The van der Waals surface area contributed by atoms with Crippen molar-refractivity contribution in [2.45, 2.75) is 33.1 Å². The van der Waals surface area contributed by atoms with Gasteiger partial charge in [0.1, 0.15) is 0 Å². The van der Waals surface area contributed by atoms with Crippen molar-refractivity contribution in [3.63, 3.8) is 0 Å². The zero-order valence-electron chi connectivity index (χ0n) is 14.0. The quantitative estimate of drug-likeness (QED) is 0.609. The number of aryl methyl sites for hydroxylation is 2. The third-order valence-corrected chi connectivity index (χ3v) is 3.80. The zero-order valence-corrected chi connectivity index (χ0v) is 14.8. The van der Waals surface area contributed by atoms with E-state index in [9.17, 15) is 9.59 Å². The molecule has 0 atom stereocenters. The normalized spacial score (nSPS) is 9.92. The monoisotopic (exact) mass is 346 g/mol. The highest BCUT2D eigenvalue weighted by Crippen LogP contribution is 2.18. The Bertz CT molecular complexity index is 712. The van der Waals surface area contributed by atoms with Gasteiger partial charge >= 0.3 is 0 Å². The van der Waals surface area contributed by atoms with Gasteiger partial charge in [0, 0.05) is 29.8 Å². The molecule has 3 N–H and O–H groups in total. The highest BCUT2D eigenvalue weighted by atomic mass is 35.5. The second-order valence-corrected chi connectivity index (χ2v) is 5.60. The van der Waals surface area contributed by atoms with Crippen molar-refractivity contribution in [3.8, 4) is 0 Å². The average molecular weight is 347 g/mol. The van der Waals surface area contributed by atoms with Crippen LogP contribution in [0.15, 0.2) is 42.5 Å². The summed E-state index contributed by atoms with van der Waals surface area (Å²) in [5, 5.41) is 2.80. The number of nitrogen functional groups attached to an aromatic ring is 1. The summed E-state index contributed by atoms with van der Waals surface area (Å²) in [6.07, 6.45) is 1.29. The molecule has 4 nitrogen and oxygen atoms in total. The lowest BCUT2D eigenvalue weighted by Gasteiger charge is -2.09. The second-order valence-electron chi connectivity index (χ2n) is 5.60. The molecule has 1 amide bonds. The van der Waals surface area contributed by atoms with Crippen molar-refractivity contribution < 1.29 is 9.59 Å². The van der Waals surface area contributed by atoms with Crippen LogP contribution >= 0.6 is 12.4 Å². The lowest BCUT2D eigenvalue weighted by Crippen LogP contribution is -2.14. The molecule has 5 heteroatoms. The van der Waals surface area contributed by atoms with Gasteiger partial charge in [-0.25, -0.2) is 0 Å². The molecule has 2 aromatic carbocycles. The Balaban J connectivity index is 0.00000288. The third kappa shape index (κ3) is 5.39. The van der Waals surface area contributed by atoms with Gasteiger partial charge in [-0.3, -0.25) is 9.59 Å². The summed E-state index contributed by atoms with van der Waals surface area (Å²) in [4.78, 5) is 24.1. The van der Waals surface area contributed by atoms with E-state index in [0.717, 1.165) is 12.0 Å². The van der Waals surface area contributed by atoms with Crippen LogP contribution in [-0.4, -0.2) is 11.7 Å². The smallest absolute Gasteiger partial charge is 0.224 e. The van der Waals surface area contributed by atoms with Gasteiger partial charge in [0.25, 0.3) is 0 Å². The van der Waals surface area contributed by atoms with Crippen LogP contribution in [0.2, 0.25) is 0 Å². The lowest BCUT2D eigenvalue weighted by atomic mass is 10.0. The Labute approximate surface area is 148 Å². The Morgan fingerprint density at radius 3 is 2.33 bits per heavy atom. The maximum absolute atomic E-state index is 12.1. The van der Waals surface area contributed by atoms with Gasteiger partial charge in [-0.1, -0.05) is 37.3 Å². The van der Waals surface area contributed by atoms with Gasteiger partial charge in [0.2, 0.25) is 5.91 Å². The number of hydrogen-bond acceptors (Lipinski definition) is 3. The van der Waals surface area contributed by atoms with Crippen LogP contribution < -0.4 is 11.1 Å². The van der Waals surface area contributed by atoms with Crippen molar-refractivity contribution in [2.24, 2.45) is 0 Å². The molecule has 0 saturated heterocycles. The number of carbonyl (C=O) groups is 2. The maximum atomic E-state index is 12.1. The lowest BCUT2D eigenvalue weighted by molar-refractivity contribution is -0.116. The summed E-state index contributed by atoms with van der Waals surface area (Å²) in [5.74, 6) is -0.204. The van der Waals surface area contributed by atoms with Crippen LogP contribution in [0.1, 0.15) is 41.3 Å². The molecule has 0 heterocycles. The molecule has 0 spiro atoms. The van der Waals surface area contributed by atoms with Crippen LogP contribution in [0.25, 0.3) is 0 Å². The topological polar surface area (TPSA) is 72.2 Å². The van der Waals surface area contributed by atoms with Crippen molar-refractivity contribution in [1.82, 2.24) is 0 Å². The molecule has 0 aliphatic carbocycles. The van der Waals surface area contributed by atoms with E-state index in [1.807, 2.05) is 37.3 Å². The summed E-state index contributed by atoms with van der Waals surface area (Å²) >= 11 is 0. The van der Waals surface area contributed by atoms with Gasteiger partial charge in [-0.05, 0) is 36.6 Å². The van der Waals surface area contributed by atoms with Crippen LogP contribution in [0.5, 0.6) is 0 Å². The second kappa shape index (κ2) is 9.08. The predicted octanol–water partition coefficient (Wildman–Crippen LogP) is 4.16. The molecule has 0 saturated carbocycles. The fraction of sp³-hybridized carbons (Fsp3) is 0.263. The number of ketones is 1. The number of benzene rings is 2. The van der Waals surface area contributed by atoms with Gasteiger partial charge in [0.05, 0.1) is 0 Å². The Hall–Kier alpha value is -2.33. The fourth-order valence-corrected chi connectivity index (χ4v) is 2.28. The Kier molecular flexibility index (Phi) is 7.46. The van der Waals surface area contributed by atoms with Gasteiger partial charge in [-0.15, -0.1) is 12.4 Å². The molecule has 0 aromatic heterocycles. The number of nitrogens with one attached hydrogen (secondary N) is 1. The average Bonchev–Trinajstić information content (AvgIpc) is 2.56. The molecule has 0 fully saturated rings. The van der Waals surface area contributed by atoms with Crippen molar-refractivity contribution in [2.75, 3.05) is 11.1 Å². The van der Waals surface area contributed by atoms with Gasteiger partial charge < -0.3 is 11.1 Å². The molecule has 0 aliphatic heterocycles. The number of hydrogen-bond donors (Lipinski definition) is 2. The van der Waals surface area contributed by atoms with E-state index < -0.39 is 0 Å². The minimum Gasteiger partial charge on any atom is -0.399 e. The molecule has 128 valence electrons. The van der Waals surface area contributed by atoms with Crippen molar-refractivity contribution in [3.05, 3.63) is 59.2 Å². The SMILES string of the molecule is CCc1ccc(C(=O)CCC(=O)Nc2cc(N)ccc2C)cc1.Cl. The van der Waals surface area contributed by atoms with Crippen LogP contribution in [0.4, 0.5) is 11.4 Å². The van der Waals surface area contributed by atoms with Crippen molar-refractivity contribution >= 4 is 35.5 Å². The molecule has 0 unspecified atom stereocenters. The largest absolute Gasteiger partial charge is 0.399 e. The summed E-state index contributed by atoms with van der Waals surface area (Å²) in [6, 6.07) is 12.9. The first-order valence-electron chi connectivity index (χ1n) is 7.77. The van der Waals surface area contributed by atoms with Gasteiger partial charge in [0.15, 0.2) is 5.78 Å². The van der Waals surface area contributed by atoms with Crippen LogP contribution in [-0.2, 0) is 11.2 Å². The van der Waals surface area contributed by atoms with Crippen LogP contribution in [0.3, 0.4) is 0 Å². The van der Waals surface area contributed by atoms with E-state index in [2.05, 4.69) is 12.2 Å². The number of carbonyl (C=O) groups excluding carboxylic acids is 2. The molecule has 24 heavy (non-hydrogen) atoms. The molecule has 0 radical (unpaired) electrons. The Morgan fingerprint density at radius 2 is 1.71 bits per heavy atom. The van der Waals surface area contributed by atoms with Crippen molar-refractivity contribution in [1.29, 1.82) is 0 Å². The summed E-state index contributed by atoms with van der Waals surface area (Å²) in [6.45, 7) is 3.97. The highest BCUT2D eigenvalue weighted by molar-refractivity contribution is 6.00. The maximum Gasteiger partial charge on any atom is 0.224 e. The summed E-state index contributed by atoms with van der Waals surface area (Å²) in [7, 11) is 0. The Morgan fingerprint density at radius 1 is 1.04 bits per heavy atom. The molecule has 0 bridgehead atoms. The standard InChI is InChI=1S/C19H22N2O2.ClH/c1-3-14-5-7-15(8-6-14)18(22)10-11-19(23)21-17-12-16(20)9-4-13(17)2;/h4-9,12H,3,10-11,20H2,1-2H3,(H,21,23);1H. The number of amides is 1. The molecular weight excluding hydrogens is 324 g/mol. The first-order valence-corrected chi connectivity index (χ1v) is 7.77. The summed E-state index contributed by atoms with van der Waals surface area (Å²) in [5.41, 5.74) is 9.78. The number of rotatable bonds is 6. The summed E-state index contributed by atoms with van der Waals surface area (Å²) < 4.78 is 0. The number of nitrogens with two attached hydrogens (primary N) is 1. The van der Waals surface area contributed by atoms with E-state index in [-0.39, 0.29) is 36.9 Å².